The lowest BCUT2D eigenvalue weighted by atomic mass is 10.2. The van der Waals surface area contributed by atoms with Gasteiger partial charge < -0.3 is 0 Å². The molecule has 3 aromatic rings. The van der Waals surface area contributed by atoms with Gasteiger partial charge in [-0.2, -0.15) is 5.10 Å². The molecule has 1 aromatic heterocycles. The number of aryl methyl sites for hydroxylation is 1. The predicted octanol–water partition coefficient (Wildman–Crippen LogP) is 3.88. The number of nitrogens with one attached hydrogen (secondary N) is 1. The lowest BCUT2D eigenvalue weighted by Crippen LogP contribution is -2.15. The summed E-state index contributed by atoms with van der Waals surface area (Å²) >= 11 is 3.30. The lowest BCUT2D eigenvalue weighted by molar-refractivity contribution is 0.593. The van der Waals surface area contributed by atoms with Crippen molar-refractivity contribution in [3.05, 3.63) is 70.7 Å². The Hall–Kier alpha value is -2.19. The van der Waals surface area contributed by atoms with Gasteiger partial charge in [0, 0.05) is 6.20 Å². The van der Waals surface area contributed by atoms with Gasteiger partial charge in [0.15, 0.2) is 0 Å². The van der Waals surface area contributed by atoms with Crippen molar-refractivity contribution in [1.29, 1.82) is 0 Å². The normalized spacial score (nSPS) is 11.5. The third-order valence-corrected chi connectivity index (χ3v) is 5.17. The molecule has 2 aromatic carbocycles. The molecule has 0 atom stereocenters. The first kappa shape index (κ1) is 16.7. The fourth-order valence-corrected chi connectivity index (χ4v) is 3.51. The highest BCUT2D eigenvalue weighted by molar-refractivity contribution is 9.10. The standard InChI is InChI=1S/C16H13BrFN3O2S/c1-11-6-7-13(8-14(11)18)24(22,23)20-15-4-2-3-5-16(15)21-10-12(17)9-19-21/h2-10,20H,1H3. The first-order valence-corrected chi connectivity index (χ1v) is 9.23. The molecular weight excluding hydrogens is 397 g/mol. The molecule has 0 amide bonds. The Balaban J connectivity index is 2.00. The quantitative estimate of drug-likeness (QED) is 0.710. The van der Waals surface area contributed by atoms with Crippen LogP contribution in [0, 0.1) is 12.7 Å². The fourth-order valence-electron chi connectivity index (χ4n) is 2.14. The van der Waals surface area contributed by atoms with Crippen LogP contribution in [0.1, 0.15) is 5.56 Å². The number of aromatic nitrogens is 2. The number of nitrogens with zero attached hydrogens (tertiary/aromatic N) is 2. The van der Waals surface area contributed by atoms with Crippen molar-refractivity contribution in [3.63, 3.8) is 0 Å². The maximum atomic E-state index is 13.7. The molecule has 0 unspecified atom stereocenters. The number of rotatable bonds is 4. The van der Waals surface area contributed by atoms with Gasteiger partial charge in [0.1, 0.15) is 5.82 Å². The molecule has 0 spiro atoms. The zero-order valence-electron chi connectivity index (χ0n) is 12.6. The molecule has 124 valence electrons. The van der Waals surface area contributed by atoms with Gasteiger partial charge in [0.2, 0.25) is 0 Å². The van der Waals surface area contributed by atoms with Crippen LogP contribution in [0.25, 0.3) is 5.69 Å². The molecule has 0 saturated heterocycles. The van der Waals surface area contributed by atoms with Crippen LogP contribution in [0.4, 0.5) is 10.1 Å². The minimum atomic E-state index is -3.92. The summed E-state index contributed by atoms with van der Waals surface area (Å²) < 4.78 is 43.5. The fraction of sp³-hybridized carbons (Fsp3) is 0.0625. The van der Waals surface area contributed by atoms with Gasteiger partial charge in [-0.3, -0.25) is 4.72 Å². The number of halogens is 2. The topological polar surface area (TPSA) is 64.0 Å². The van der Waals surface area contributed by atoms with Gasteiger partial charge in [-0.25, -0.2) is 17.5 Å². The molecule has 0 radical (unpaired) electrons. The summed E-state index contributed by atoms with van der Waals surface area (Å²) in [5, 5.41) is 4.15. The van der Waals surface area contributed by atoms with Gasteiger partial charge in [0.05, 0.1) is 26.9 Å². The number of sulfonamides is 1. The highest BCUT2D eigenvalue weighted by Crippen LogP contribution is 2.24. The Morgan fingerprint density at radius 1 is 1.21 bits per heavy atom. The monoisotopic (exact) mass is 409 g/mol. The van der Waals surface area contributed by atoms with Crippen LogP contribution in [0.5, 0.6) is 0 Å². The second kappa shape index (κ2) is 6.37. The number of hydrogen-bond acceptors (Lipinski definition) is 3. The lowest BCUT2D eigenvalue weighted by Gasteiger charge is -2.13. The van der Waals surface area contributed by atoms with Crippen LogP contribution in [-0.4, -0.2) is 18.2 Å². The van der Waals surface area contributed by atoms with E-state index in [9.17, 15) is 12.8 Å². The first-order chi connectivity index (χ1) is 11.4. The van der Waals surface area contributed by atoms with Crippen LogP contribution < -0.4 is 4.72 Å². The molecule has 8 heteroatoms. The van der Waals surface area contributed by atoms with E-state index >= 15 is 0 Å². The number of hydrogen-bond donors (Lipinski definition) is 1. The molecule has 1 heterocycles. The first-order valence-electron chi connectivity index (χ1n) is 6.95. The molecule has 3 rings (SSSR count). The van der Waals surface area contributed by atoms with E-state index < -0.39 is 15.8 Å². The molecule has 0 fully saturated rings. The molecule has 0 aliphatic rings. The Morgan fingerprint density at radius 3 is 2.62 bits per heavy atom. The van der Waals surface area contributed by atoms with Crippen molar-refractivity contribution < 1.29 is 12.8 Å². The number of para-hydroxylation sites is 2. The van der Waals surface area contributed by atoms with Gasteiger partial charge in [-0.15, -0.1) is 0 Å². The molecule has 0 saturated carbocycles. The average molecular weight is 410 g/mol. The van der Waals surface area contributed by atoms with Gasteiger partial charge >= 0.3 is 0 Å². The molecular formula is C16H13BrFN3O2S. The summed E-state index contributed by atoms with van der Waals surface area (Å²) in [6.07, 6.45) is 3.30. The highest BCUT2D eigenvalue weighted by Gasteiger charge is 2.18. The maximum absolute atomic E-state index is 13.7. The van der Waals surface area contributed by atoms with Gasteiger partial charge in [-0.1, -0.05) is 18.2 Å². The van der Waals surface area contributed by atoms with Crippen LogP contribution in [0.3, 0.4) is 0 Å². The van der Waals surface area contributed by atoms with Crippen molar-refractivity contribution in [2.45, 2.75) is 11.8 Å². The second-order valence-corrected chi connectivity index (χ2v) is 7.73. The van der Waals surface area contributed by atoms with E-state index in [4.69, 9.17) is 0 Å². The SMILES string of the molecule is Cc1ccc(S(=O)(=O)Nc2ccccc2-n2cc(Br)cn2)cc1F. The summed E-state index contributed by atoms with van der Waals surface area (Å²) in [5.41, 5.74) is 1.28. The minimum absolute atomic E-state index is 0.137. The van der Waals surface area contributed by atoms with E-state index in [1.165, 1.54) is 16.8 Å². The van der Waals surface area contributed by atoms with Crippen molar-refractivity contribution >= 4 is 31.6 Å². The van der Waals surface area contributed by atoms with Crippen molar-refractivity contribution in [3.8, 4) is 5.69 Å². The Morgan fingerprint density at radius 2 is 1.96 bits per heavy atom. The Labute approximate surface area is 147 Å². The molecule has 24 heavy (non-hydrogen) atoms. The van der Waals surface area contributed by atoms with E-state index in [0.29, 0.717) is 16.9 Å². The maximum Gasteiger partial charge on any atom is 0.262 e. The molecule has 0 aliphatic carbocycles. The summed E-state index contributed by atoms with van der Waals surface area (Å²) in [4.78, 5) is -0.137. The van der Waals surface area contributed by atoms with E-state index in [1.54, 1.807) is 43.6 Å². The van der Waals surface area contributed by atoms with E-state index in [1.807, 2.05) is 0 Å². The zero-order valence-corrected chi connectivity index (χ0v) is 15.0. The second-order valence-electron chi connectivity index (χ2n) is 5.14. The highest BCUT2D eigenvalue weighted by atomic mass is 79.9. The van der Waals surface area contributed by atoms with Crippen LogP contribution in [0.2, 0.25) is 0 Å². The predicted molar refractivity (Wildman–Crippen MR) is 93.2 cm³/mol. The summed E-state index contributed by atoms with van der Waals surface area (Å²) in [6.45, 7) is 1.57. The molecule has 1 N–H and O–H groups in total. The van der Waals surface area contributed by atoms with Gasteiger partial charge in [-0.05, 0) is 52.7 Å². The summed E-state index contributed by atoms with van der Waals surface area (Å²) in [7, 11) is -3.92. The van der Waals surface area contributed by atoms with Crippen LogP contribution >= 0.6 is 15.9 Å². The molecule has 0 aliphatic heterocycles. The van der Waals surface area contributed by atoms with Crippen LogP contribution in [0.15, 0.2) is 64.2 Å². The number of benzene rings is 2. The molecule has 0 bridgehead atoms. The van der Waals surface area contributed by atoms with Gasteiger partial charge in [0.25, 0.3) is 10.0 Å². The molecule has 5 nitrogen and oxygen atoms in total. The average Bonchev–Trinajstić information content (AvgIpc) is 2.96. The van der Waals surface area contributed by atoms with E-state index in [2.05, 4.69) is 25.8 Å². The zero-order chi connectivity index (χ0) is 17.3. The van der Waals surface area contributed by atoms with Crippen molar-refractivity contribution in [1.82, 2.24) is 9.78 Å². The summed E-state index contributed by atoms with van der Waals surface area (Å²) in [5.74, 6) is -0.567. The summed E-state index contributed by atoms with van der Waals surface area (Å²) in [6, 6.07) is 10.6. The third kappa shape index (κ3) is 3.34. The van der Waals surface area contributed by atoms with Crippen molar-refractivity contribution in [2.24, 2.45) is 0 Å². The van der Waals surface area contributed by atoms with E-state index in [0.717, 1.165) is 10.5 Å². The van der Waals surface area contributed by atoms with E-state index in [-0.39, 0.29) is 4.90 Å². The van der Waals surface area contributed by atoms with Crippen LogP contribution in [-0.2, 0) is 10.0 Å². The number of anilines is 1. The Kier molecular flexibility index (Phi) is 4.42. The minimum Gasteiger partial charge on any atom is -0.277 e. The largest absolute Gasteiger partial charge is 0.277 e. The van der Waals surface area contributed by atoms with Crippen molar-refractivity contribution in [2.75, 3.05) is 4.72 Å². The smallest absolute Gasteiger partial charge is 0.262 e. The Bertz CT molecular complexity index is 1000. The third-order valence-electron chi connectivity index (χ3n) is 3.40.